The summed E-state index contributed by atoms with van der Waals surface area (Å²) in [6.45, 7) is 3.30. The molecule has 150 valence electrons. The summed E-state index contributed by atoms with van der Waals surface area (Å²) in [5.41, 5.74) is 1.17. The number of rotatable bonds is 4. The number of likely N-dealkylation sites (tertiary alicyclic amines) is 1. The summed E-state index contributed by atoms with van der Waals surface area (Å²) in [6, 6.07) is 9.96. The number of piperidine rings is 1. The van der Waals surface area contributed by atoms with Crippen molar-refractivity contribution in [3.05, 3.63) is 47.5 Å². The zero-order valence-corrected chi connectivity index (χ0v) is 16.2. The molecule has 0 bridgehead atoms. The fourth-order valence-corrected chi connectivity index (χ4v) is 3.92. The van der Waals surface area contributed by atoms with Crippen LogP contribution in [0.15, 0.2) is 30.3 Å². The van der Waals surface area contributed by atoms with Gasteiger partial charge < -0.3 is 10.0 Å². The molecular formula is C20H27N5O3. The maximum absolute atomic E-state index is 12.9. The van der Waals surface area contributed by atoms with Gasteiger partial charge in [-0.25, -0.2) is 0 Å². The number of carbonyl (C=O) groups is 2. The Balaban J connectivity index is 0.000000706. The lowest BCUT2D eigenvalue weighted by Gasteiger charge is -2.33. The van der Waals surface area contributed by atoms with Gasteiger partial charge in [0.05, 0.1) is 13.1 Å². The Bertz CT molecular complexity index is 786. The van der Waals surface area contributed by atoms with Gasteiger partial charge in [0.25, 0.3) is 6.47 Å². The summed E-state index contributed by atoms with van der Waals surface area (Å²) in [7, 11) is 1.85. The molecule has 2 aliphatic rings. The van der Waals surface area contributed by atoms with Crippen LogP contribution in [0.25, 0.3) is 0 Å². The van der Waals surface area contributed by atoms with Crippen LogP contribution in [0.2, 0.25) is 0 Å². The Morgan fingerprint density at radius 3 is 2.50 bits per heavy atom. The van der Waals surface area contributed by atoms with Crippen molar-refractivity contribution in [2.24, 2.45) is 0 Å². The number of benzene rings is 1. The molecule has 8 heteroatoms. The predicted molar refractivity (Wildman–Crippen MR) is 103 cm³/mol. The minimum Gasteiger partial charge on any atom is -0.483 e. The monoisotopic (exact) mass is 385 g/mol. The van der Waals surface area contributed by atoms with Crippen LogP contribution in [0.5, 0.6) is 0 Å². The molecule has 1 N–H and O–H groups in total. The van der Waals surface area contributed by atoms with Crippen LogP contribution in [0, 0.1) is 0 Å². The topological polar surface area (TPSA) is 91.6 Å². The highest BCUT2D eigenvalue weighted by Gasteiger charge is 2.34. The second-order valence-corrected chi connectivity index (χ2v) is 7.24. The maximum Gasteiger partial charge on any atom is 0.290 e. The standard InChI is InChI=1S/C19H25N5O.CH2O2/c1-22-13-17-20-21-18(14-23-10-6-3-7-11-23)24(17)16(19(22)25)12-15-8-4-2-5-9-15;2-1-3/h2,4-5,8-9,16H,3,6-7,10-14H2,1H3;1H,(H,2,3)/t16-;/m1./s1. The van der Waals surface area contributed by atoms with E-state index in [2.05, 4.69) is 31.8 Å². The first-order chi connectivity index (χ1) is 13.6. The number of amides is 1. The minimum atomic E-state index is -0.250. The molecule has 1 aromatic carbocycles. The van der Waals surface area contributed by atoms with Gasteiger partial charge >= 0.3 is 0 Å². The van der Waals surface area contributed by atoms with E-state index in [1.807, 2.05) is 25.2 Å². The van der Waals surface area contributed by atoms with Crippen LogP contribution in [0.1, 0.15) is 42.5 Å². The Morgan fingerprint density at radius 1 is 1.14 bits per heavy atom. The van der Waals surface area contributed by atoms with E-state index in [4.69, 9.17) is 9.90 Å². The molecule has 2 aromatic rings. The number of hydrogen-bond acceptors (Lipinski definition) is 5. The molecule has 1 atom stereocenters. The molecule has 4 rings (SSSR count). The molecule has 0 aliphatic carbocycles. The van der Waals surface area contributed by atoms with Crippen LogP contribution in [0.3, 0.4) is 0 Å². The number of carbonyl (C=O) groups excluding carboxylic acids is 1. The molecule has 1 fully saturated rings. The Kier molecular flexibility index (Phi) is 6.76. The molecule has 1 amide bonds. The second-order valence-electron chi connectivity index (χ2n) is 7.24. The number of aromatic nitrogens is 3. The van der Waals surface area contributed by atoms with Gasteiger partial charge in [0.1, 0.15) is 11.9 Å². The molecule has 0 saturated carbocycles. The second kappa shape index (κ2) is 9.45. The molecule has 0 radical (unpaired) electrons. The van der Waals surface area contributed by atoms with Gasteiger partial charge in [-0.05, 0) is 31.5 Å². The first-order valence-corrected chi connectivity index (χ1v) is 9.65. The summed E-state index contributed by atoms with van der Waals surface area (Å²) in [5, 5.41) is 15.7. The molecule has 8 nitrogen and oxygen atoms in total. The Labute approximate surface area is 164 Å². The van der Waals surface area contributed by atoms with Gasteiger partial charge in [0, 0.05) is 13.5 Å². The lowest BCUT2D eigenvalue weighted by Crippen LogP contribution is -2.42. The first kappa shape index (κ1) is 20.0. The third kappa shape index (κ3) is 4.56. The highest BCUT2D eigenvalue weighted by atomic mass is 16.3. The third-order valence-electron chi connectivity index (χ3n) is 5.27. The molecule has 1 saturated heterocycles. The maximum atomic E-state index is 12.9. The molecular weight excluding hydrogens is 358 g/mol. The molecule has 0 spiro atoms. The van der Waals surface area contributed by atoms with Crippen molar-refractivity contribution >= 4 is 12.4 Å². The summed E-state index contributed by atoms with van der Waals surface area (Å²) in [5.74, 6) is 1.98. The highest BCUT2D eigenvalue weighted by molar-refractivity contribution is 5.81. The van der Waals surface area contributed by atoms with Crippen molar-refractivity contribution < 1.29 is 14.7 Å². The van der Waals surface area contributed by atoms with Gasteiger partial charge in [-0.15, -0.1) is 10.2 Å². The zero-order chi connectivity index (χ0) is 19.9. The van der Waals surface area contributed by atoms with Crippen molar-refractivity contribution in [3.63, 3.8) is 0 Å². The first-order valence-electron chi connectivity index (χ1n) is 9.65. The number of likely N-dealkylation sites (N-methyl/N-ethyl adjacent to an activating group) is 1. The van der Waals surface area contributed by atoms with E-state index < -0.39 is 0 Å². The lowest BCUT2D eigenvalue weighted by molar-refractivity contribution is -0.136. The Morgan fingerprint density at radius 2 is 1.82 bits per heavy atom. The van der Waals surface area contributed by atoms with Crippen molar-refractivity contribution in [1.29, 1.82) is 0 Å². The fourth-order valence-electron chi connectivity index (χ4n) is 3.92. The molecule has 1 aromatic heterocycles. The zero-order valence-electron chi connectivity index (χ0n) is 16.2. The SMILES string of the molecule is CN1Cc2nnc(CN3CCCCC3)n2[C@H](Cc2ccccc2)C1=O.O=CO. The average Bonchev–Trinajstić information content (AvgIpc) is 3.09. The van der Waals surface area contributed by atoms with Gasteiger partial charge in [-0.2, -0.15) is 0 Å². The predicted octanol–water partition coefficient (Wildman–Crippen LogP) is 1.72. The van der Waals surface area contributed by atoms with E-state index in [-0.39, 0.29) is 18.4 Å². The molecule has 0 unspecified atom stereocenters. The van der Waals surface area contributed by atoms with Crippen molar-refractivity contribution in [3.8, 4) is 0 Å². The number of hydrogen-bond donors (Lipinski definition) is 1. The quantitative estimate of drug-likeness (QED) is 0.806. The smallest absolute Gasteiger partial charge is 0.290 e. The van der Waals surface area contributed by atoms with E-state index in [1.165, 1.54) is 24.8 Å². The summed E-state index contributed by atoms with van der Waals surface area (Å²) in [6.07, 6.45) is 4.49. The normalized spacial score (nSPS) is 19.5. The van der Waals surface area contributed by atoms with E-state index in [0.29, 0.717) is 13.0 Å². The van der Waals surface area contributed by atoms with Crippen LogP contribution >= 0.6 is 0 Å². The van der Waals surface area contributed by atoms with E-state index in [9.17, 15) is 4.79 Å². The van der Waals surface area contributed by atoms with E-state index in [0.717, 1.165) is 31.3 Å². The average molecular weight is 385 g/mol. The fraction of sp³-hybridized carbons (Fsp3) is 0.500. The summed E-state index contributed by atoms with van der Waals surface area (Å²) >= 11 is 0. The number of fused-ring (bicyclic) bond motifs is 1. The summed E-state index contributed by atoms with van der Waals surface area (Å²) < 4.78 is 2.10. The van der Waals surface area contributed by atoms with Crippen LogP contribution in [-0.2, 0) is 29.1 Å². The largest absolute Gasteiger partial charge is 0.483 e. The molecule has 3 heterocycles. The van der Waals surface area contributed by atoms with Crippen LogP contribution in [-0.4, -0.2) is 62.2 Å². The highest BCUT2D eigenvalue weighted by Crippen LogP contribution is 2.26. The van der Waals surface area contributed by atoms with Gasteiger partial charge in [0.15, 0.2) is 5.82 Å². The molecule has 2 aliphatic heterocycles. The van der Waals surface area contributed by atoms with E-state index >= 15 is 0 Å². The number of nitrogens with zero attached hydrogens (tertiary/aromatic N) is 5. The number of carboxylic acid groups (broad SMARTS) is 1. The van der Waals surface area contributed by atoms with Crippen molar-refractivity contribution in [2.45, 2.75) is 44.8 Å². The van der Waals surface area contributed by atoms with Gasteiger partial charge in [-0.1, -0.05) is 36.8 Å². The van der Waals surface area contributed by atoms with Gasteiger partial charge in [-0.3, -0.25) is 19.1 Å². The lowest BCUT2D eigenvalue weighted by atomic mass is 10.0. The summed E-state index contributed by atoms with van der Waals surface area (Å²) in [4.78, 5) is 25.4. The molecule has 28 heavy (non-hydrogen) atoms. The minimum absolute atomic E-state index is 0.149. The van der Waals surface area contributed by atoms with Crippen LogP contribution in [0.4, 0.5) is 0 Å². The van der Waals surface area contributed by atoms with Crippen molar-refractivity contribution in [1.82, 2.24) is 24.6 Å². The van der Waals surface area contributed by atoms with Crippen molar-refractivity contribution in [2.75, 3.05) is 20.1 Å². The van der Waals surface area contributed by atoms with Gasteiger partial charge in [0.2, 0.25) is 5.91 Å². The van der Waals surface area contributed by atoms with Crippen LogP contribution < -0.4 is 0 Å². The Hall–Kier alpha value is -2.74. The van der Waals surface area contributed by atoms with E-state index in [1.54, 1.807) is 4.90 Å². The third-order valence-corrected chi connectivity index (χ3v) is 5.27.